The van der Waals surface area contributed by atoms with Gasteiger partial charge in [0.15, 0.2) is 0 Å². The lowest BCUT2D eigenvalue weighted by Crippen LogP contribution is -2.31. The van der Waals surface area contributed by atoms with Crippen LogP contribution in [-0.4, -0.2) is 0 Å². The highest BCUT2D eigenvalue weighted by Crippen LogP contribution is 2.49. The Morgan fingerprint density at radius 3 is 2.45 bits per heavy atom. The smallest absolute Gasteiger partial charge is 0.00876 e. The molecule has 0 nitrogen and oxygen atoms in total. The summed E-state index contributed by atoms with van der Waals surface area (Å²) in [5.74, 6) is 0.826. The lowest BCUT2D eigenvalue weighted by molar-refractivity contribution is 0.205. The minimum absolute atomic E-state index is 0.420. The van der Waals surface area contributed by atoms with Gasteiger partial charge in [0.05, 0.1) is 0 Å². The maximum Gasteiger partial charge on any atom is -0.00876 e. The molecule has 0 amide bonds. The Kier molecular flexibility index (Phi) is 4.94. The molecule has 0 radical (unpaired) electrons. The Morgan fingerprint density at radius 2 is 1.70 bits per heavy atom. The van der Waals surface area contributed by atoms with Crippen LogP contribution in [0.4, 0.5) is 0 Å². The molecule has 2 atom stereocenters. The van der Waals surface area contributed by atoms with Gasteiger partial charge in [-0.3, -0.25) is 0 Å². The molecule has 0 aromatic rings. The number of hydrogen-bond donors (Lipinski definition) is 0. The molecule has 0 saturated carbocycles. The van der Waals surface area contributed by atoms with Crippen molar-refractivity contribution in [2.75, 3.05) is 0 Å². The van der Waals surface area contributed by atoms with E-state index in [2.05, 4.69) is 46.8 Å². The van der Waals surface area contributed by atoms with Gasteiger partial charge < -0.3 is 0 Å². The van der Waals surface area contributed by atoms with E-state index in [1.807, 2.05) is 0 Å². The Labute approximate surface area is 126 Å². The van der Waals surface area contributed by atoms with Crippen LogP contribution >= 0.6 is 0 Å². The van der Waals surface area contributed by atoms with E-state index in [-0.39, 0.29) is 0 Å². The molecule has 0 unspecified atom stereocenters. The second kappa shape index (κ2) is 6.33. The molecule has 0 aromatic heterocycles. The van der Waals surface area contributed by atoms with E-state index in [9.17, 15) is 0 Å². The fourth-order valence-corrected chi connectivity index (χ4v) is 3.86. The second-order valence-electron chi connectivity index (χ2n) is 7.43. The summed E-state index contributed by atoms with van der Waals surface area (Å²) in [4.78, 5) is 0. The van der Waals surface area contributed by atoms with Gasteiger partial charge in [-0.1, -0.05) is 48.3 Å². The predicted octanol–water partition coefficient (Wildman–Crippen LogP) is 6.60. The fraction of sp³-hybridized carbons (Fsp3) is 0.700. The summed E-state index contributed by atoms with van der Waals surface area (Å²) in [6.07, 6.45) is 13.9. The van der Waals surface area contributed by atoms with Crippen molar-refractivity contribution in [3.8, 4) is 0 Å². The van der Waals surface area contributed by atoms with Gasteiger partial charge in [-0.05, 0) is 77.0 Å². The van der Waals surface area contributed by atoms with Crippen LogP contribution in [0.2, 0.25) is 0 Å². The zero-order valence-corrected chi connectivity index (χ0v) is 14.2. The van der Waals surface area contributed by atoms with Crippen molar-refractivity contribution < 1.29 is 0 Å². The third kappa shape index (κ3) is 3.27. The van der Waals surface area contributed by atoms with Crippen molar-refractivity contribution in [2.45, 2.75) is 79.6 Å². The molecule has 2 bridgehead atoms. The highest BCUT2D eigenvalue weighted by Gasteiger charge is 2.36. The molecule has 20 heavy (non-hydrogen) atoms. The van der Waals surface area contributed by atoms with Crippen LogP contribution in [-0.2, 0) is 0 Å². The van der Waals surface area contributed by atoms with Gasteiger partial charge in [0.2, 0.25) is 0 Å². The van der Waals surface area contributed by atoms with Crippen molar-refractivity contribution in [2.24, 2.45) is 11.3 Å². The van der Waals surface area contributed by atoms with Crippen LogP contribution in [0.5, 0.6) is 0 Å². The molecule has 0 fully saturated rings. The molecule has 0 heteroatoms. The van der Waals surface area contributed by atoms with Crippen LogP contribution in [0.3, 0.4) is 0 Å². The summed E-state index contributed by atoms with van der Waals surface area (Å²) in [7, 11) is 0. The first-order valence-electron chi connectivity index (χ1n) is 8.44. The summed E-state index contributed by atoms with van der Waals surface area (Å²) < 4.78 is 0. The molecule has 0 heterocycles. The molecule has 112 valence electrons. The van der Waals surface area contributed by atoms with Crippen molar-refractivity contribution in [1.29, 1.82) is 0 Å². The summed E-state index contributed by atoms with van der Waals surface area (Å²) in [5.41, 5.74) is 7.01. The minimum Gasteiger partial charge on any atom is -0.0853 e. The highest BCUT2D eigenvalue weighted by atomic mass is 14.4. The first-order valence-corrected chi connectivity index (χ1v) is 8.44. The summed E-state index contributed by atoms with van der Waals surface area (Å²) in [6, 6.07) is 0. The van der Waals surface area contributed by atoms with E-state index < -0.39 is 0 Å². The molecule has 0 saturated heterocycles. The third-order valence-electron chi connectivity index (χ3n) is 6.12. The van der Waals surface area contributed by atoms with E-state index in [0.29, 0.717) is 5.41 Å². The lowest BCUT2D eigenvalue weighted by Gasteiger charge is -2.43. The average Bonchev–Trinajstić information content (AvgIpc) is 2.41. The molecule has 0 aliphatic heterocycles. The lowest BCUT2D eigenvalue weighted by atomic mass is 9.62. The number of allylic oxidation sites excluding steroid dienone is 6. The molecule has 0 spiro atoms. The fourth-order valence-electron chi connectivity index (χ4n) is 3.86. The van der Waals surface area contributed by atoms with Crippen LogP contribution in [0, 0.1) is 11.3 Å². The Balaban J connectivity index is 2.36. The minimum atomic E-state index is 0.420. The first kappa shape index (κ1) is 15.6. The van der Waals surface area contributed by atoms with Crippen LogP contribution < -0.4 is 0 Å². The van der Waals surface area contributed by atoms with Gasteiger partial charge in [0, 0.05) is 0 Å². The maximum atomic E-state index is 2.52. The Morgan fingerprint density at radius 1 is 1.00 bits per heavy atom. The monoisotopic (exact) mass is 272 g/mol. The standard InChI is InChI=1S/C20H32/c1-15-7-6-8-16(2)13-14-20(5)17(3)10-12-19(11-9-15)18(20)4/h8-9,17H,6-7,10-14H2,1-5H3/b15-9+,16-8+/t17-,20-/m1/s1. The SMILES string of the molecule is CC1=C2C/C=C(\C)CC/C=C(\C)CC[C@]1(C)[C@H](C)CC2. The van der Waals surface area contributed by atoms with Gasteiger partial charge in [-0.15, -0.1) is 0 Å². The van der Waals surface area contributed by atoms with Crippen molar-refractivity contribution in [3.05, 3.63) is 34.4 Å². The topological polar surface area (TPSA) is 0 Å². The van der Waals surface area contributed by atoms with E-state index in [0.717, 1.165) is 5.92 Å². The molecule has 0 aromatic carbocycles. The predicted molar refractivity (Wildman–Crippen MR) is 89.8 cm³/mol. The van der Waals surface area contributed by atoms with Crippen LogP contribution in [0.1, 0.15) is 79.6 Å². The zero-order valence-electron chi connectivity index (χ0n) is 14.2. The van der Waals surface area contributed by atoms with Crippen LogP contribution in [0.25, 0.3) is 0 Å². The molecular formula is C20H32. The molecule has 2 aliphatic carbocycles. The molecule has 0 N–H and O–H groups in total. The highest BCUT2D eigenvalue weighted by molar-refractivity contribution is 5.27. The average molecular weight is 272 g/mol. The van der Waals surface area contributed by atoms with Gasteiger partial charge in [-0.25, -0.2) is 0 Å². The first-order chi connectivity index (χ1) is 9.43. The third-order valence-corrected chi connectivity index (χ3v) is 6.12. The summed E-state index contributed by atoms with van der Waals surface area (Å²) in [6.45, 7) is 12.0. The Bertz CT molecular complexity index is 447. The van der Waals surface area contributed by atoms with E-state index in [4.69, 9.17) is 0 Å². The number of rotatable bonds is 0. The van der Waals surface area contributed by atoms with Gasteiger partial charge in [-0.2, -0.15) is 0 Å². The van der Waals surface area contributed by atoms with Gasteiger partial charge >= 0.3 is 0 Å². The quantitative estimate of drug-likeness (QED) is 0.436. The summed E-state index contributed by atoms with van der Waals surface area (Å²) >= 11 is 0. The van der Waals surface area contributed by atoms with E-state index >= 15 is 0 Å². The Hall–Kier alpha value is -0.780. The number of fused-ring (bicyclic) bond motifs is 1. The number of hydrogen-bond acceptors (Lipinski definition) is 0. The second-order valence-corrected chi connectivity index (χ2v) is 7.43. The van der Waals surface area contributed by atoms with E-state index in [1.54, 1.807) is 22.3 Å². The van der Waals surface area contributed by atoms with Crippen LogP contribution in [0.15, 0.2) is 34.4 Å². The van der Waals surface area contributed by atoms with Gasteiger partial charge in [0.25, 0.3) is 0 Å². The van der Waals surface area contributed by atoms with Crippen molar-refractivity contribution in [3.63, 3.8) is 0 Å². The molecular weight excluding hydrogens is 240 g/mol. The summed E-state index contributed by atoms with van der Waals surface area (Å²) in [5, 5.41) is 0. The largest absolute Gasteiger partial charge is 0.0853 e. The van der Waals surface area contributed by atoms with Crippen molar-refractivity contribution in [1.82, 2.24) is 0 Å². The molecule has 2 aliphatic rings. The maximum absolute atomic E-state index is 2.52. The van der Waals surface area contributed by atoms with E-state index in [1.165, 1.54) is 44.9 Å². The van der Waals surface area contributed by atoms with Gasteiger partial charge in [0.1, 0.15) is 0 Å². The molecule has 2 rings (SSSR count). The zero-order chi connectivity index (χ0) is 14.8. The van der Waals surface area contributed by atoms with Crippen molar-refractivity contribution >= 4 is 0 Å². The normalized spacial score (nSPS) is 38.1.